The topological polar surface area (TPSA) is 113 Å². The zero-order valence-corrected chi connectivity index (χ0v) is 14.8. The molecule has 0 aliphatic carbocycles. The Kier molecular flexibility index (Phi) is 9.59. The Labute approximate surface area is 152 Å². The van der Waals surface area contributed by atoms with Gasteiger partial charge in [-0.05, 0) is 37.8 Å². The van der Waals surface area contributed by atoms with Crippen LogP contribution in [0, 0.1) is 20.2 Å². The number of nitrogens with zero attached hydrogens (tertiary/aromatic N) is 2. The van der Waals surface area contributed by atoms with E-state index in [1.807, 2.05) is 18.2 Å². The van der Waals surface area contributed by atoms with Gasteiger partial charge in [-0.2, -0.15) is 0 Å². The Balaban J connectivity index is 2.31. The first-order valence-electron chi connectivity index (χ1n) is 8.65. The molecule has 0 spiro atoms. The second-order valence-electron chi connectivity index (χ2n) is 5.89. The molecular formula is C18H24N2O6. The molecule has 0 aliphatic heterocycles. The van der Waals surface area contributed by atoms with E-state index in [4.69, 9.17) is 4.74 Å². The Morgan fingerprint density at radius 2 is 1.69 bits per heavy atom. The molecule has 1 rings (SSSR count). The lowest BCUT2D eigenvalue weighted by Crippen LogP contribution is -2.28. The van der Waals surface area contributed by atoms with Crippen molar-refractivity contribution >= 4 is 5.97 Å². The number of allylic oxidation sites excluding steroid dienone is 1. The summed E-state index contributed by atoms with van der Waals surface area (Å²) >= 11 is 0. The molecule has 0 saturated heterocycles. The number of hydrogen-bond acceptors (Lipinski definition) is 6. The van der Waals surface area contributed by atoms with Crippen molar-refractivity contribution in [3.8, 4) is 5.75 Å². The highest BCUT2D eigenvalue weighted by molar-refractivity contribution is 5.84. The fraction of sp³-hybridized carbons (Fsp3) is 0.500. The fourth-order valence-electron chi connectivity index (χ4n) is 2.55. The van der Waals surface area contributed by atoms with Crippen LogP contribution in [0.25, 0.3) is 0 Å². The molecule has 8 nitrogen and oxygen atoms in total. The number of hydrogen-bond donors (Lipinski definition) is 0. The van der Waals surface area contributed by atoms with Crippen LogP contribution >= 0.6 is 0 Å². The first kappa shape index (κ1) is 21.3. The Hall–Kier alpha value is -2.77. The predicted molar refractivity (Wildman–Crippen MR) is 96.1 cm³/mol. The highest BCUT2D eigenvalue weighted by Gasteiger charge is 2.30. The molecular weight excluding hydrogens is 340 g/mol. The van der Waals surface area contributed by atoms with Crippen LogP contribution in [0.3, 0.4) is 0 Å². The first-order valence-corrected chi connectivity index (χ1v) is 8.65. The number of para-hydroxylation sites is 1. The lowest BCUT2D eigenvalue weighted by Gasteiger charge is -2.08. The number of rotatable bonds is 12. The lowest BCUT2D eigenvalue weighted by molar-refractivity contribution is -0.743. The molecule has 8 heteroatoms. The van der Waals surface area contributed by atoms with Gasteiger partial charge in [-0.3, -0.25) is 20.2 Å². The van der Waals surface area contributed by atoms with Crippen LogP contribution in [0.1, 0.15) is 51.0 Å². The summed E-state index contributed by atoms with van der Waals surface area (Å²) in [4.78, 5) is 31.0. The smallest absolute Gasteiger partial charge is 0.423 e. The summed E-state index contributed by atoms with van der Waals surface area (Å²) in [6.45, 7) is 1.74. The summed E-state index contributed by atoms with van der Waals surface area (Å²) in [5.74, 6) is 0.140. The lowest BCUT2D eigenvalue weighted by atomic mass is 10.0. The minimum absolute atomic E-state index is 0.0380. The maximum Gasteiger partial charge on any atom is 0.450 e. The summed E-state index contributed by atoms with van der Waals surface area (Å²) in [5, 5.41) is 21.1. The van der Waals surface area contributed by atoms with Crippen molar-refractivity contribution in [3.63, 3.8) is 0 Å². The molecule has 0 fully saturated rings. The number of unbranched alkanes of at least 4 members (excludes halogenated alkanes) is 4. The Morgan fingerprint density at radius 1 is 1.08 bits per heavy atom. The highest BCUT2D eigenvalue weighted by atomic mass is 16.7. The maximum atomic E-state index is 11.6. The summed E-state index contributed by atoms with van der Waals surface area (Å²) in [7, 11) is 0. The maximum absolute atomic E-state index is 11.6. The molecule has 1 aromatic rings. The van der Waals surface area contributed by atoms with Gasteiger partial charge in [0.05, 0.1) is 16.3 Å². The third-order valence-corrected chi connectivity index (χ3v) is 3.88. The van der Waals surface area contributed by atoms with E-state index in [0.717, 1.165) is 37.7 Å². The van der Waals surface area contributed by atoms with E-state index < -0.39 is 22.0 Å². The zero-order valence-electron chi connectivity index (χ0n) is 14.8. The summed E-state index contributed by atoms with van der Waals surface area (Å²) in [6, 6.07) is 7.36. The molecule has 0 N–H and O–H groups in total. The van der Waals surface area contributed by atoms with E-state index in [1.165, 1.54) is 6.08 Å². The van der Waals surface area contributed by atoms with Gasteiger partial charge >= 0.3 is 12.1 Å². The van der Waals surface area contributed by atoms with Gasteiger partial charge in [-0.25, -0.2) is 4.79 Å². The largest absolute Gasteiger partial charge is 0.450 e. The number of aryl methyl sites for hydroxylation is 1. The van der Waals surface area contributed by atoms with Crippen LogP contribution in [-0.2, 0) is 11.2 Å². The fourth-order valence-corrected chi connectivity index (χ4v) is 2.55. The van der Waals surface area contributed by atoms with Gasteiger partial charge in [0.25, 0.3) is 0 Å². The van der Waals surface area contributed by atoms with E-state index in [2.05, 4.69) is 0 Å². The van der Waals surface area contributed by atoms with Crippen molar-refractivity contribution in [1.82, 2.24) is 0 Å². The molecule has 26 heavy (non-hydrogen) atoms. The van der Waals surface area contributed by atoms with E-state index in [1.54, 1.807) is 19.1 Å². The number of carbonyl (C=O) groups excluding carboxylic acids is 1. The van der Waals surface area contributed by atoms with Crippen LogP contribution in [-0.4, -0.2) is 22.0 Å². The molecule has 0 heterocycles. The summed E-state index contributed by atoms with van der Waals surface area (Å²) in [5.41, 5.74) is 0.951. The average Bonchev–Trinajstić information content (AvgIpc) is 2.58. The predicted octanol–water partition coefficient (Wildman–Crippen LogP) is 3.93. The van der Waals surface area contributed by atoms with Crippen molar-refractivity contribution in [2.75, 3.05) is 0 Å². The van der Waals surface area contributed by atoms with E-state index in [9.17, 15) is 25.0 Å². The average molecular weight is 364 g/mol. The van der Waals surface area contributed by atoms with E-state index >= 15 is 0 Å². The van der Waals surface area contributed by atoms with Gasteiger partial charge in [-0.15, -0.1) is 0 Å². The summed E-state index contributed by atoms with van der Waals surface area (Å²) in [6.07, 6.45) is 5.81. The van der Waals surface area contributed by atoms with Gasteiger partial charge in [-0.1, -0.05) is 43.5 Å². The van der Waals surface area contributed by atoms with Gasteiger partial charge in [0.1, 0.15) is 5.75 Å². The van der Waals surface area contributed by atoms with Gasteiger partial charge in [0, 0.05) is 6.08 Å². The van der Waals surface area contributed by atoms with Crippen molar-refractivity contribution in [2.45, 2.75) is 58.0 Å². The van der Waals surface area contributed by atoms with Crippen molar-refractivity contribution in [3.05, 3.63) is 62.2 Å². The van der Waals surface area contributed by atoms with E-state index in [0.29, 0.717) is 12.2 Å². The van der Waals surface area contributed by atoms with Crippen LogP contribution < -0.4 is 4.74 Å². The molecule has 0 aromatic heterocycles. The molecule has 0 atom stereocenters. The van der Waals surface area contributed by atoms with Crippen LogP contribution in [0.5, 0.6) is 5.75 Å². The Morgan fingerprint density at radius 3 is 2.35 bits per heavy atom. The SMILES string of the molecule is CC=CC(=O)Oc1ccccc1CCCCCCCC([N+](=O)[O-])[N+](=O)[O-]. The quantitative estimate of drug-likeness (QED) is 0.106. The van der Waals surface area contributed by atoms with Gasteiger partial charge < -0.3 is 4.74 Å². The van der Waals surface area contributed by atoms with Crippen molar-refractivity contribution in [2.24, 2.45) is 0 Å². The molecule has 1 aromatic carbocycles. The Bertz CT molecular complexity index is 630. The second kappa shape index (κ2) is 11.7. The van der Waals surface area contributed by atoms with Gasteiger partial charge in [0.2, 0.25) is 0 Å². The third kappa shape index (κ3) is 7.87. The first-order chi connectivity index (χ1) is 12.5. The minimum Gasteiger partial charge on any atom is -0.423 e. The molecule has 0 radical (unpaired) electrons. The molecule has 0 amide bonds. The number of carbonyl (C=O) groups is 1. The van der Waals surface area contributed by atoms with Crippen LogP contribution in [0.15, 0.2) is 36.4 Å². The summed E-state index contributed by atoms with van der Waals surface area (Å²) < 4.78 is 5.30. The number of nitro groups is 2. The van der Waals surface area contributed by atoms with E-state index in [-0.39, 0.29) is 6.42 Å². The molecule has 0 aliphatic rings. The molecule has 142 valence electrons. The van der Waals surface area contributed by atoms with Crippen molar-refractivity contribution < 1.29 is 19.4 Å². The third-order valence-electron chi connectivity index (χ3n) is 3.88. The number of ether oxygens (including phenoxy) is 1. The molecule has 0 bridgehead atoms. The molecule has 0 saturated carbocycles. The minimum atomic E-state index is -1.70. The second-order valence-corrected chi connectivity index (χ2v) is 5.89. The van der Waals surface area contributed by atoms with Crippen LogP contribution in [0.4, 0.5) is 0 Å². The van der Waals surface area contributed by atoms with Gasteiger partial charge in [0.15, 0.2) is 0 Å². The highest BCUT2D eigenvalue weighted by Crippen LogP contribution is 2.21. The zero-order chi connectivity index (χ0) is 19.4. The van der Waals surface area contributed by atoms with Crippen LogP contribution in [0.2, 0.25) is 0 Å². The normalized spacial score (nSPS) is 11.0. The standard InChI is InChI=1S/C18H24N2O6/c1-2-10-18(21)26-16-13-9-8-12-15(16)11-6-4-3-5-7-14-17(19(22)23)20(24)25/h2,8-10,12-13,17H,3-7,11,14H2,1H3. The monoisotopic (exact) mass is 364 g/mol. The number of benzene rings is 1. The van der Waals surface area contributed by atoms with Crippen molar-refractivity contribution in [1.29, 1.82) is 0 Å². The number of esters is 1. The molecule has 0 unspecified atom stereocenters.